The highest BCUT2D eigenvalue weighted by Crippen LogP contribution is 2.32. The van der Waals surface area contributed by atoms with Crippen molar-refractivity contribution in [1.82, 2.24) is 4.90 Å². The summed E-state index contributed by atoms with van der Waals surface area (Å²) >= 11 is 0. The average Bonchev–Trinajstić information content (AvgIpc) is 3.75. The smallest absolute Gasteiger partial charge is 0.251 e. The number of benzene rings is 6. The maximum absolute atomic E-state index is 12.8. The maximum atomic E-state index is 12.8. The fraction of sp³-hybridized carbons (Fsp3) is 0.231. The number of carbonyl (C=O) groups excluding carboxylic acids is 2. The third-order valence-electron chi connectivity index (χ3n) is 8.41. The lowest BCUT2D eigenvalue weighted by atomic mass is 10.2. The topological polar surface area (TPSA) is 66.6 Å². The van der Waals surface area contributed by atoms with Crippen LogP contribution in [0.25, 0.3) is 6.08 Å². The highest BCUT2D eigenvalue weighted by molar-refractivity contribution is 7.79. The Kier molecular flexibility index (Phi) is 24.8. The van der Waals surface area contributed by atoms with Crippen molar-refractivity contribution in [2.24, 2.45) is 5.73 Å². The van der Waals surface area contributed by atoms with E-state index in [4.69, 9.17) is 5.73 Å². The van der Waals surface area contributed by atoms with E-state index in [0.29, 0.717) is 18.8 Å². The molecule has 0 aliphatic carbocycles. The van der Waals surface area contributed by atoms with Crippen molar-refractivity contribution in [3.8, 4) is 0 Å². The van der Waals surface area contributed by atoms with Gasteiger partial charge < -0.3 is 10.6 Å². The molecule has 1 aliphatic rings. The van der Waals surface area contributed by atoms with E-state index in [1.54, 1.807) is 11.0 Å². The number of nitrogens with two attached hydrogens (primary N) is 1. The molecule has 0 bridgehead atoms. The van der Waals surface area contributed by atoms with Gasteiger partial charge in [-0.1, -0.05) is 217 Å². The van der Waals surface area contributed by atoms with Gasteiger partial charge in [-0.3, -0.25) is 14.5 Å². The van der Waals surface area contributed by atoms with E-state index in [-0.39, 0.29) is 24.4 Å². The van der Waals surface area contributed by atoms with Crippen LogP contribution in [0.5, 0.6) is 0 Å². The molecule has 0 radical (unpaired) electrons. The van der Waals surface area contributed by atoms with E-state index in [1.165, 1.54) is 32.5 Å². The first-order valence-corrected chi connectivity index (χ1v) is 21.9. The van der Waals surface area contributed by atoms with Crippen LogP contribution in [-0.4, -0.2) is 42.4 Å². The molecule has 58 heavy (non-hydrogen) atoms. The third kappa shape index (κ3) is 17.3. The standard InChI is InChI=1S/C21H23N3O2.C18H15P.C7H8.3C2H6/c22-18-13-14-23(15-18)21(26)16-24(19-9-5-2-6-10-19)20(25)12-11-17-7-3-1-4-8-17;1-4-10-16(11-5-1)19(17-12-6-2-7-13-17)18-14-8-3-9-15-18;1-7-5-3-2-4-6-7;3*1-2/h1-12,18H,13-16,22H2;1-15H;2-6H,1H3;3*1-2H3/b12-11+;;;;;/t18-;;;;;/m0...../s1. The van der Waals surface area contributed by atoms with Crippen molar-refractivity contribution in [2.45, 2.75) is 60.9 Å². The number of anilines is 1. The molecule has 1 fully saturated rings. The van der Waals surface area contributed by atoms with Crippen LogP contribution in [0.1, 0.15) is 59.1 Å². The van der Waals surface area contributed by atoms with E-state index in [1.807, 2.05) is 120 Å². The van der Waals surface area contributed by atoms with E-state index >= 15 is 0 Å². The molecule has 2 N–H and O–H groups in total. The fourth-order valence-electron chi connectivity index (χ4n) is 5.69. The summed E-state index contributed by atoms with van der Waals surface area (Å²) in [4.78, 5) is 28.6. The lowest BCUT2D eigenvalue weighted by Gasteiger charge is -2.24. The van der Waals surface area contributed by atoms with Gasteiger partial charge in [-0.25, -0.2) is 0 Å². The van der Waals surface area contributed by atoms with Gasteiger partial charge in [0.05, 0.1) is 0 Å². The van der Waals surface area contributed by atoms with Crippen molar-refractivity contribution in [3.05, 3.63) is 199 Å². The van der Waals surface area contributed by atoms with Gasteiger partial charge in [0, 0.05) is 30.9 Å². The van der Waals surface area contributed by atoms with Gasteiger partial charge in [0.1, 0.15) is 6.54 Å². The predicted molar refractivity (Wildman–Crippen MR) is 254 cm³/mol. The van der Waals surface area contributed by atoms with E-state index < -0.39 is 7.92 Å². The molecular formula is C52H64N3O2P. The summed E-state index contributed by atoms with van der Waals surface area (Å²) in [7, 11) is -0.446. The van der Waals surface area contributed by atoms with Gasteiger partial charge in [-0.15, -0.1) is 0 Å². The number of aryl methyl sites for hydroxylation is 1. The first-order valence-electron chi connectivity index (χ1n) is 20.6. The molecule has 0 spiro atoms. The van der Waals surface area contributed by atoms with Crippen LogP contribution in [-0.2, 0) is 9.59 Å². The van der Waals surface area contributed by atoms with Gasteiger partial charge in [0.25, 0.3) is 5.91 Å². The number of amides is 2. The molecule has 2 amide bonds. The van der Waals surface area contributed by atoms with Crippen LogP contribution < -0.4 is 26.5 Å². The summed E-state index contributed by atoms with van der Waals surface area (Å²) in [6, 6.07) is 61.5. The normalized spacial score (nSPS) is 12.4. The minimum Gasteiger partial charge on any atom is -0.340 e. The molecule has 5 nitrogen and oxygen atoms in total. The van der Waals surface area contributed by atoms with Gasteiger partial charge in [0.15, 0.2) is 0 Å². The zero-order chi connectivity index (χ0) is 42.4. The Morgan fingerprint density at radius 3 is 1.34 bits per heavy atom. The van der Waals surface area contributed by atoms with Crippen LogP contribution >= 0.6 is 7.92 Å². The minimum atomic E-state index is -0.446. The molecule has 1 heterocycles. The molecule has 0 saturated carbocycles. The third-order valence-corrected chi connectivity index (χ3v) is 10.8. The molecule has 1 saturated heterocycles. The Balaban J connectivity index is 0.000000316. The summed E-state index contributed by atoms with van der Waals surface area (Å²) in [5.41, 5.74) is 8.85. The first kappa shape index (κ1) is 48.5. The largest absolute Gasteiger partial charge is 0.340 e. The van der Waals surface area contributed by atoms with Crippen LogP contribution in [0.4, 0.5) is 5.69 Å². The average molecular weight is 794 g/mol. The highest BCUT2D eigenvalue weighted by atomic mass is 31.1. The second kappa shape index (κ2) is 29.6. The summed E-state index contributed by atoms with van der Waals surface area (Å²) < 4.78 is 0. The van der Waals surface area contributed by atoms with Gasteiger partial charge >= 0.3 is 0 Å². The van der Waals surface area contributed by atoms with Gasteiger partial charge in [-0.05, 0) is 61.0 Å². The van der Waals surface area contributed by atoms with E-state index in [2.05, 4.69) is 110 Å². The molecule has 6 aromatic rings. The van der Waals surface area contributed by atoms with Crippen LogP contribution in [0.2, 0.25) is 0 Å². The van der Waals surface area contributed by atoms with E-state index in [9.17, 15) is 9.59 Å². The first-order chi connectivity index (χ1) is 28.5. The molecule has 304 valence electrons. The number of carbonyl (C=O) groups is 2. The Labute approximate surface area is 351 Å². The number of nitrogens with zero attached hydrogens (tertiary/aromatic N) is 2. The summed E-state index contributed by atoms with van der Waals surface area (Å²) in [6.07, 6.45) is 4.07. The maximum Gasteiger partial charge on any atom is 0.251 e. The van der Waals surface area contributed by atoms with Crippen molar-refractivity contribution in [2.75, 3.05) is 24.5 Å². The van der Waals surface area contributed by atoms with Gasteiger partial charge in [-0.2, -0.15) is 0 Å². The summed E-state index contributed by atoms with van der Waals surface area (Å²) in [6.45, 7) is 15.3. The molecule has 0 unspecified atom stereocenters. The van der Waals surface area contributed by atoms with Crippen molar-refractivity contribution < 1.29 is 9.59 Å². The number of rotatable bonds is 8. The lowest BCUT2D eigenvalue weighted by Crippen LogP contribution is -2.42. The van der Waals surface area contributed by atoms with E-state index in [0.717, 1.165) is 12.0 Å². The van der Waals surface area contributed by atoms with Crippen LogP contribution in [0, 0.1) is 6.92 Å². The Morgan fingerprint density at radius 1 is 0.603 bits per heavy atom. The predicted octanol–water partition coefficient (Wildman–Crippen LogP) is 10.8. The minimum absolute atomic E-state index is 0.00863. The molecule has 1 aliphatic heterocycles. The fourth-order valence-corrected chi connectivity index (χ4v) is 7.99. The monoisotopic (exact) mass is 793 g/mol. The zero-order valence-electron chi connectivity index (χ0n) is 35.6. The van der Waals surface area contributed by atoms with Crippen molar-refractivity contribution in [3.63, 3.8) is 0 Å². The van der Waals surface area contributed by atoms with Gasteiger partial charge in [0.2, 0.25) is 5.91 Å². The van der Waals surface area contributed by atoms with Crippen molar-refractivity contribution in [1.29, 1.82) is 0 Å². The number of para-hydroxylation sites is 1. The molecule has 7 rings (SSSR count). The second-order valence-corrected chi connectivity index (χ2v) is 14.6. The summed E-state index contributed by atoms with van der Waals surface area (Å²) in [5, 5.41) is 4.19. The SMILES string of the molecule is CC.CC.CC.Cc1ccccc1.N[C@H]1CCN(C(=O)CN(C(=O)/C=C/c2ccccc2)c2ccccc2)C1.c1ccc(P(c2ccccc2)c2ccccc2)cc1. The molecule has 6 heteroatoms. The highest BCUT2D eigenvalue weighted by Gasteiger charge is 2.26. The number of likely N-dealkylation sites (tertiary alicyclic amines) is 1. The van der Waals surface area contributed by atoms with Crippen LogP contribution in [0.15, 0.2) is 188 Å². The quantitative estimate of drug-likeness (QED) is 0.123. The lowest BCUT2D eigenvalue weighted by molar-refractivity contribution is -0.130. The van der Waals surface area contributed by atoms with Crippen molar-refractivity contribution >= 4 is 47.4 Å². The number of hydrogen-bond acceptors (Lipinski definition) is 3. The number of hydrogen-bond donors (Lipinski definition) is 1. The molecule has 1 atom stereocenters. The Morgan fingerprint density at radius 2 is 0.983 bits per heavy atom. The van der Waals surface area contributed by atoms with Crippen LogP contribution in [0.3, 0.4) is 0 Å². The molecule has 6 aromatic carbocycles. The Bertz CT molecular complexity index is 1850. The molecular weight excluding hydrogens is 730 g/mol. The Hall–Kier alpha value is -5.61. The molecule has 0 aromatic heterocycles. The zero-order valence-corrected chi connectivity index (χ0v) is 36.5. The summed E-state index contributed by atoms with van der Waals surface area (Å²) in [5.74, 6) is -0.305. The second-order valence-electron chi connectivity index (χ2n) is 12.4.